The smallest absolute Gasteiger partial charge is 0.131 e. The lowest BCUT2D eigenvalue weighted by Gasteiger charge is -2.14. The van der Waals surface area contributed by atoms with Gasteiger partial charge < -0.3 is 16.2 Å². The van der Waals surface area contributed by atoms with E-state index in [0.717, 1.165) is 6.42 Å². The fourth-order valence-electron chi connectivity index (χ4n) is 1.53. The van der Waals surface area contributed by atoms with Crippen molar-refractivity contribution in [2.75, 3.05) is 17.6 Å². The topological polar surface area (TPSA) is 84.1 Å². The van der Waals surface area contributed by atoms with Crippen molar-refractivity contribution < 1.29 is 5.11 Å². The number of hydrogen-bond acceptors (Lipinski definition) is 5. The van der Waals surface area contributed by atoms with Gasteiger partial charge in [0.25, 0.3) is 0 Å². The fraction of sp³-hybridized carbons (Fsp3) is 0.636. The lowest BCUT2D eigenvalue weighted by Crippen LogP contribution is -2.21. The number of nitrogens with one attached hydrogen (secondary N) is 1. The van der Waals surface area contributed by atoms with E-state index in [1.807, 2.05) is 0 Å². The molecule has 5 nitrogen and oxygen atoms in total. The van der Waals surface area contributed by atoms with Crippen molar-refractivity contribution in [1.82, 2.24) is 9.97 Å². The molecule has 0 aromatic carbocycles. The number of anilines is 2. The first-order valence-corrected chi connectivity index (χ1v) is 5.50. The first kappa shape index (κ1) is 12.7. The molecule has 0 saturated carbocycles. The minimum atomic E-state index is -0.364. The molecular weight excluding hydrogens is 204 g/mol. The monoisotopic (exact) mass is 224 g/mol. The van der Waals surface area contributed by atoms with Gasteiger partial charge in [0.15, 0.2) is 0 Å². The summed E-state index contributed by atoms with van der Waals surface area (Å²) in [5, 5.41) is 12.7. The number of rotatable bonds is 5. The van der Waals surface area contributed by atoms with Gasteiger partial charge in [0.05, 0.1) is 6.10 Å². The number of aliphatic hydroxyl groups is 1. The largest absolute Gasteiger partial charge is 0.391 e. The molecule has 1 atom stereocenters. The maximum absolute atomic E-state index is 9.68. The van der Waals surface area contributed by atoms with Gasteiger partial charge in [-0.1, -0.05) is 13.8 Å². The molecule has 0 saturated heterocycles. The normalized spacial score (nSPS) is 12.8. The van der Waals surface area contributed by atoms with Crippen LogP contribution < -0.4 is 11.1 Å². The summed E-state index contributed by atoms with van der Waals surface area (Å²) in [7, 11) is 0. The summed E-state index contributed by atoms with van der Waals surface area (Å²) in [5.74, 6) is 2.20. The number of nitrogens with zero attached hydrogens (tertiary/aromatic N) is 2. The molecule has 1 aromatic heterocycles. The van der Waals surface area contributed by atoms with Gasteiger partial charge in [-0.2, -0.15) is 0 Å². The molecule has 0 amide bonds. The van der Waals surface area contributed by atoms with Crippen molar-refractivity contribution in [3.8, 4) is 0 Å². The zero-order valence-electron chi connectivity index (χ0n) is 10.1. The van der Waals surface area contributed by atoms with Gasteiger partial charge in [0, 0.05) is 12.6 Å². The third-order valence-corrected chi connectivity index (χ3v) is 2.12. The van der Waals surface area contributed by atoms with E-state index in [1.165, 1.54) is 0 Å². The Morgan fingerprint density at radius 2 is 2.12 bits per heavy atom. The van der Waals surface area contributed by atoms with Crippen molar-refractivity contribution in [2.45, 2.75) is 33.3 Å². The molecule has 1 aromatic rings. The summed E-state index contributed by atoms with van der Waals surface area (Å²) < 4.78 is 0. The highest BCUT2D eigenvalue weighted by atomic mass is 16.3. The van der Waals surface area contributed by atoms with Crippen LogP contribution >= 0.6 is 0 Å². The Balaban J connectivity index is 2.48. The van der Waals surface area contributed by atoms with Crippen molar-refractivity contribution in [1.29, 1.82) is 0 Å². The summed E-state index contributed by atoms with van der Waals surface area (Å²) in [6, 6.07) is 1.66. The predicted octanol–water partition coefficient (Wildman–Crippen LogP) is 1.19. The molecule has 0 aliphatic carbocycles. The van der Waals surface area contributed by atoms with E-state index in [2.05, 4.69) is 29.1 Å². The van der Waals surface area contributed by atoms with Crippen LogP contribution in [-0.2, 0) is 0 Å². The minimum Gasteiger partial charge on any atom is -0.391 e. The van der Waals surface area contributed by atoms with E-state index in [9.17, 15) is 5.11 Å². The van der Waals surface area contributed by atoms with Gasteiger partial charge in [-0.15, -0.1) is 0 Å². The van der Waals surface area contributed by atoms with Gasteiger partial charge in [-0.05, 0) is 19.3 Å². The average Bonchev–Trinajstić information content (AvgIpc) is 2.12. The van der Waals surface area contributed by atoms with E-state index >= 15 is 0 Å². The number of nitrogen functional groups attached to an aromatic ring is 1. The predicted molar refractivity (Wildman–Crippen MR) is 65.1 cm³/mol. The zero-order chi connectivity index (χ0) is 12.1. The molecule has 0 fully saturated rings. The van der Waals surface area contributed by atoms with Crippen LogP contribution in [0.15, 0.2) is 6.07 Å². The van der Waals surface area contributed by atoms with Crippen molar-refractivity contribution >= 4 is 11.6 Å². The van der Waals surface area contributed by atoms with Crippen LogP contribution in [0.4, 0.5) is 11.6 Å². The standard InChI is InChI=1S/C11H20N4O/c1-7(2)4-9(16)6-13-11-5-10(12)14-8(3)15-11/h5,7,9,16H,4,6H2,1-3H3,(H3,12,13,14,15). The summed E-state index contributed by atoms with van der Waals surface area (Å²) in [4.78, 5) is 8.15. The van der Waals surface area contributed by atoms with E-state index < -0.39 is 0 Å². The molecule has 1 unspecified atom stereocenters. The molecule has 0 bridgehead atoms. The SMILES string of the molecule is Cc1nc(N)cc(NCC(O)CC(C)C)n1. The molecule has 0 spiro atoms. The van der Waals surface area contributed by atoms with Gasteiger partial charge in [0.2, 0.25) is 0 Å². The Morgan fingerprint density at radius 1 is 1.44 bits per heavy atom. The lowest BCUT2D eigenvalue weighted by atomic mass is 10.1. The highest BCUT2D eigenvalue weighted by molar-refractivity contribution is 5.44. The minimum absolute atomic E-state index is 0.364. The third-order valence-electron chi connectivity index (χ3n) is 2.12. The van der Waals surface area contributed by atoms with E-state index in [1.54, 1.807) is 13.0 Å². The molecule has 1 rings (SSSR count). The van der Waals surface area contributed by atoms with Crippen LogP contribution in [0, 0.1) is 12.8 Å². The molecule has 90 valence electrons. The summed E-state index contributed by atoms with van der Waals surface area (Å²) >= 11 is 0. The van der Waals surface area contributed by atoms with Crippen LogP contribution in [0.5, 0.6) is 0 Å². The second-order valence-corrected chi connectivity index (χ2v) is 4.39. The Morgan fingerprint density at radius 3 is 2.69 bits per heavy atom. The van der Waals surface area contributed by atoms with Crippen LogP contribution in [0.1, 0.15) is 26.1 Å². The summed E-state index contributed by atoms with van der Waals surface area (Å²) in [5.41, 5.74) is 5.59. The van der Waals surface area contributed by atoms with Crippen LogP contribution in [-0.4, -0.2) is 27.7 Å². The summed E-state index contributed by atoms with van der Waals surface area (Å²) in [6.07, 6.45) is 0.406. The Bertz CT molecular complexity index is 321. The molecule has 0 aliphatic rings. The van der Waals surface area contributed by atoms with Crippen LogP contribution in [0.2, 0.25) is 0 Å². The Hall–Kier alpha value is -1.36. The molecular formula is C11H20N4O. The van der Waals surface area contributed by atoms with Gasteiger partial charge in [-0.3, -0.25) is 0 Å². The number of aromatic nitrogens is 2. The maximum Gasteiger partial charge on any atom is 0.131 e. The maximum atomic E-state index is 9.68. The van der Waals surface area contributed by atoms with Gasteiger partial charge >= 0.3 is 0 Å². The van der Waals surface area contributed by atoms with Crippen molar-refractivity contribution in [2.24, 2.45) is 5.92 Å². The highest BCUT2D eigenvalue weighted by Gasteiger charge is 2.07. The Labute approximate surface area is 96.1 Å². The number of aryl methyl sites for hydroxylation is 1. The lowest BCUT2D eigenvalue weighted by molar-refractivity contribution is 0.161. The molecule has 1 heterocycles. The van der Waals surface area contributed by atoms with Crippen LogP contribution in [0.3, 0.4) is 0 Å². The average molecular weight is 224 g/mol. The van der Waals surface area contributed by atoms with E-state index in [4.69, 9.17) is 5.73 Å². The first-order valence-electron chi connectivity index (χ1n) is 5.50. The number of hydrogen-bond donors (Lipinski definition) is 3. The third kappa shape index (κ3) is 4.44. The molecule has 0 radical (unpaired) electrons. The molecule has 5 heteroatoms. The molecule has 16 heavy (non-hydrogen) atoms. The molecule has 0 aliphatic heterocycles. The number of aliphatic hydroxyl groups excluding tert-OH is 1. The van der Waals surface area contributed by atoms with Gasteiger partial charge in [-0.25, -0.2) is 9.97 Å². The van der Waals surface area contributed by atoms with Crippen molar-refractivity contribution in [3.05, 3.63) is 11.9 Å². The van der Waals surface area contributed by atoms with Gasteiger partial charge in [0.1, 0.15) is 17.5 Å². The Kier molecular flexibility index (Phi) is 4.49. The van der Waals surface area contributed by atoms with Crippen molar-refractivity contribution in [3.63, 3.8) is 0 Å². The fourth-order valence-corrected chi connectivity index (χ4v) is 1.53. The van der Waals surface area contributed by atoms with E-state index in [-0.39, 0.29) is 6.10 Å². The second kappa shape index (κ2) is 5.65. The van der Waals surface area contributed by atoms with Crippen LogP contribution in [0.25, 0.3) is 0 Å². The molecule has 4 N–H and O–H groups in total. The first-order chi connectivity index (χ1) is 7.47. The summed E-state index contributed by atoms with van der Waals surface area (Å²) in [6.45, 7) is 6.42. The zero-order valence-corrected chi connectivity index (χ0v) is 10.1. The quantitative estimate of drug-likeness (QED) is 0.699. The second-order valence-electron chi connectivity index (χ2n) is 4.39. The van der Waals surface area contributed by atoms with E-state index in [0.29, 0.717) is 29.9 Å². The highest BCUT2D eigenvalue weighted by Crippen LogP contribution is 2.09. The number of nitrogens with two attached hydrogens (primary N) is 1.